The van der Waals surface area contributed by atoms with Crippen LogP contribution in [0.25, 0.3) is 49.5 Å². The van der Waals surface area contributed by atoms with Gasteiger partial charge in [-0.25, -0.2) is 4.98 Å². The second-order valence-corrected chi connectivity index (χ2v) is 7.95. The van der Waals surface area contributed by atoms with Crippen molar-refractivity contribution in [2.45, 2.75) is 0 Å². The molecule has 2 aromatic carbocycles. The van der Waals surface area contributed by atoms with E-state index in [4.69, 9.17) is 11.5 Å². The Morgan fingerprint density at radius 3 is 2.47 bits per heavy atom. The van der Waals surface area contributed by atoms with Crippen molar-refractivity contribution in [3.63, 3.8) is 0 Å². The number of thiazole rings is 1. The van der Waals surface area contributed by atoms with Gasteiger partial charge in [0, 0.05) is 0 Å². The summed E-state index contributed by atoms with van der Waals surface area (Å²) < 4.78 is 3.02. The van der Waals surface area contributed by atoms with Crippen LogP contribution in [-0.2, 0) is 0 Å². The predicted molar refractivity (Wildman–Crippen MR) is 119 cm³/mol. The van der Waals surface area contributed by atoms with Crippen LogP contribution in [-0.4, -0.2) is 29.5 Å². The minimum Gasteiger partial charge on any atom is -0.397 e. The monoisotopic (exact) mass is 410 g/mol. The van der Waals surface area contributed by atoms with Gasteiger partial charge in [0.1, 0.15) is 5.69 Å². The summed E-state index contributed by atoms with van der Waals surface area (Å²) in [6.07, 6.45) is 3.32. The molecular weight excluding hydrogens is 396 g/mol. The van der Waals surface area contributed by atoms with E-state index in [9.17, 15) is 0 Å². The lowest BCUT2D eigenvalue weighted by molar-refractivity contribution is 1.10. The standard InChI is InChI=1S/C21H14N8S/c22-13-3-6-16(24-9-13)20-28-27-19-10-25-14-4-1-11(7-17(14)29(19)20)12-2-5-15-18(8-12)30-21(23)26-15/h1-10H,22H2,(H2,23,26). The first-order chi connectivity index (χ1) is 14.7. The molecule has 0 aliphatic heterocycles. The third-order valence-electron chi connectivity index (χ3n) is 4.98. The molecule has 0 radical (unpaired) electrons. The van der Waals surface area contributed by atoms with Gasteiger partial charge in [-0.1, -0.05) is 23.5 Å². The fourth-order valence-corrected chi connectivity index (χ4v) is 4.33. The van der Waals surface area contributed by atoms with Crippen LogP contribution in [0.4, 0.5) is 10.8 Å². The zero-order valence-corrected chi connectivity index (χ0v) is 16.3. The zero-order chi connectivity index (χ0) is 20.2. The Balaban J connectivity index is 1.59. The average Bonchev–Trinajstić information content (AvgIpc) is 3.36. The number of nitrogen functional groups attached to an aromatic ring is 2. The molecule has 9 heteroatoms. The van der Waals surface area contributed by atoms with Gasteiger partial charge < -0.3 is 11.5 Å². The van der Waals surface area contributed by atoms with Gasteiger partial charge in [-0.3, -0.25) is 14.4 Å². The molecule has 0 amide bonds. The van der Waals surface area contributed by atoms with Crippen LogP contribution in [0.3, 0.4) is 0 Å². The second kappa shape index (κ2) is 6.19. The molecule has 144 valence electrons. The van der Waals surface area contributed by atoms with E-state index in [-0.39, 0.29) is 0 Å². The highest BCUT2D eigenvalue weighted by Gasteiger charge is 2.14. The number of fused-ring (bicyclic) bond motifs is 4. The molecule has 0 aliphatic rings. The summed E-state index contributed by atoms with van der Waals surface area (Å²) in [4.78, 5) is 13.3. The first-order valence-electron chi connectivity index (χ1n) is 9.18. The molecule has 4 heterocycles. The number of benzene rings is 2. The molecule has 4 N–H and O–H groups in total. The normalized spacial score (nSPS) is 11.6. The molecular formula is C21H14N8S. The number of anilines is 2. The Morgan fingerprint density at radius 1 is 0.800 bits per heavy atom. The van der Waals surface area contributed by atoms with Crippen LogP contribution in [0.5, 0.6) is 0 Å². The molecule has 0 saturated heterocycles. The highest BCUT2D eigenvalue weighted by atomic mass is 32.1. The van der Waals surface area contributed by atoms with Crippen molar-refractivity contribution in [1.29, 1.82) is 0 Å². The van der Waals surface area contributed by atoms with Crippen molar-refractivity contribution < 1.29 is 0 Å². The van der Waals surface area contributed by atoms with Gasteiger partial charge in [-0.15, -0.1) is 10.2 Å². The highest BCUT2D eigenvalue weighted by Crippen LogP contribution is 2.31. The summed E-state index contributed by atoms with van der Waals surface area (Å²) in [6, 6.07) is 15.9. The van der Waals surface area contributed by atoms with Crippen LogP contribution < -0.4 is 11.5 Å². The number of rotatable bonds is 2. The number of pyridine rings is 1. The van der Waals surface area contributed by atoms with E-state index in [0.29, 0.717) is 28.0 Å². The Kier molecular flexibility index (Phi) is 3.47. The molecule has 0 aliphatic carbocycles. The topological polar surface area (TPSA) is 121 Å². The quantitative estimate of drug-likeness (QED) is 0.445. The summed E-state index contributed by atoms with van der Waals surface area (Å²) in [7, 11) is 0. The number of aromatic nitrogens is 6. The molecule has 0 fully saturated rings. The van der Waals surface area contributed by atoms with Gasteiger partial charge in [0.2, 0.25) is 0 Å². The molecule has 6 aromatic rings. The van der Waals surface area contributed by atoms with Gasteiger partial charge in [0.25, 0.3) is 0 Å². The largest absolute Gasteiger partial charge is 0.397 e. The fraction of sp³-hybridized carbons (Fsp3) is 0. The van der Waals surface area contributed by atoms with Crippen molar-refractivity contribution in [2.24, 2.45) is 0 Å². The lowest BCUT2D eigenvalue weighted by Gasteiger charge is -2.07. The lowest BCUT2D eigenvalue weighted by Crippen LogP contribution is -1.96. The number of nitrogens with zero attached hydrogens (tertiary/aromatic N) is 6. The Bertz CT molecular complexity index is 1570. The molecule has 8 nitrogen and oxygen atoms in total. The summed E-state index contributed by atoms with van der Waals surface area (Å²) >= 11 is 1.48. The summed E-state index contributed by atoms with van der Waals surface area (Å²) in [5.74, 6) is 0.639. The lowest BCUT2D eigenvalue weighted by atomic mass is 10.0. The fourth-order valence-electron chi connectivity index (χ4n) is 3.56. The highest BCUT2D eigenvalue weighted by molar-refractivity contribution is 7.22. The first kappa shape index (κ1) is 16.8. The van der Waals surface area contributed by atoms with E-state index >= 15 is 0 Å². The van der Waals surface area contributed by atoms with Crippen molar-refractivity contribution in [3.8, 4) is 22.6 Å². The van der Waals surface area contributed by atoms with Gasteiger partial charge in [-0.2, -0.15) is 0 Å². The molecule has 0 saturated carbocycles. The molecule has 0 spiro atoms. The Hall–Kier alpha value is -4.11. The Labute approximate surface area is 173 Å². The maximum atomic E-state index is 5.85. The first-order valence-corrected chi connectivity index (χ1v) is 10.00. The summed E-state index contributed by atoms with van der Waals surface area (Å²) in [5.41, 5.74) is 18.3. The van der Waals surface area contributed by atoms with Crippen molar-refractivity contribution in [1.82, 2.24) is 29.5 Å². The van der Waals surface area contributed by atoms with E-state index < -0.39 is 0 Å². The third-order valence-corrected chi connectivity index (χ3v) is 5.82. The number of hydrogen-bond acceptors (Lipinski definition) is 8. The van der Waals surface area contributed by atoms with Crippen LogP contribution in [0, 0.1) is 0 Å². The second-order valence-electron chi connectivity index (χ2n) is 6.89. The molecule has 4 aromatic heterocycles. The van der Waals surface area contributed by atoms with Gasteiger partial charge in [-0.05, 0) is 47.5 Å². The van der Waals surface area contributed by atoms with E-state index in [1.165, 1.54) is 11.3 Å². The van der Waals surface area contributed by atoms with Gasteiger partial charge in [0.15, 0.2) is 16.6 Å². The predicted octanol–water partition coefficient (Wildman–Crippen LogP) is 3.78. The van der Waals surface area contributed by atoms with Crippen LogP contribution in [0.2, 0.25) is 0 Å². The molecule has 6 rings (SSSR count). The number of nitrogens with two attached hydrogens (primary N) is 2. The van der Waals surface area contributed by atoms with E-state index in [1.54, 1.807) is 18.5 Å². The minimum atomic E-state index is 0.566. The summed E-state index contributed by atoms with van der Waals surface area (Å²) in [5, 5.41) is 9.18. The smallest absolute Gasteiger partial charge is 0.187 e. The average molecular weight is 410 g/mol. The maximum absolute atomic E-state index is 5.85. The van der Waals surface area contributed by atoms with Crippen LogP contribution in [0.15, 0.2) is 60.9 Å². The Morgan fingerprint density at radius 2 is 1.63 bits per heavy atom. The van der Waals surface area contributed by atoms with Crippen LogP contribution >= 0.6 is 11.3 Å². The third kappa shape index (κ3) is 2.56. The SMILES string of the molecule is Nc1ccc(-c2nnc3cnc4ccc(-c5ccc6nc(N)sc6c5)cc4n23)nc1. The van der Waals surface area contributed by atoms with Crippen molar-refractivity contribution >= 4 is 49.1 Å². The number of hydrogen-bond donors (Lipinski definition) is 2. The zero-order valence-electron chi connectivity index (χ0n) is 15.5. The molecule has 0 unspecified atom stereocenters. The van der Waals surface area contributed by atoms with Gasteiger partial charge in [0.05, 0.1) is 39.3 Å². The molecule has 0 bridgehead atoms. The van der Waals surface area contributed by atoms with Crippen molar-refractivity contribution in [3.05, 3.63) is 60.9 Å². The minimum absolute atomic E-state index is 0.566. The maximum Gasteiger partial charge on any atom is 0.187 e. The molecule has 30 heavy (non-hydrogen) atoms. The molecule has 0 atom stereocenters. The van der Waals surface area contributed by atoms with E-state index in [0.717, 1.165) is 32.4 Å². The van der Waals surface area contributed by atoms with E-state index in [2.05, 4.69) is 43.3 Å². The summed E-state index contributed by atoms with van der Waals surface area (Å²) in [6.45, 7) is 0. The van der Waals surface area contributed by atoms with Crippen LogP contribution in [0.1, 0.15) is 0 Å². The van der Waals surface area contributed by atoms with Gasteiger partial charge >= 0.3 is 0 Å². The van der Waals surface area contributed by atoms with E-state index in [1.807, 2.05) is 28.7 Å². The van der Waals surface area contributed by atoms with Crippen molar-refractivity contribution in [2.75, 3.05) is 11.5 Å².